The maximum absolute atomic E-state index is 12.3. The lowest BCUT2D eigenvalue weighted by molar-refractivity contribution is -0.123. The van der Waals surface area contributed by atoms with Crippen LogP contribution in [-0.2, 0) is 20.9 Å². The molecule has 136 valence electrons. The van der Waals surface area contributed by atoms with Crippen LogP contribution in [0.25, 0.3) is 0 Å². The summed E-state index contributed by atoms with van der Waals surface area (Å²) >= 11 is 0. The van der Waals surface area contributed by atoms with Gasteiger partial charge in [0.15, 0.2) is 0 Å². The molecule has 2 rings (SSSR count). The molecule has 0 radical (unpaired) electrons. The maximum atomic E-state index is 12.3. The molecule has 26 heavy (non-hydrogen) atoms. The molecular formula is C19H21N3O4. The Balaban J connectivity index is 2.13. The normalized spacial score (nSPS) is 10.1. The van der Waals surface area contributed by atoms with Gasteiger partial charge >= 0.3 is 5.97 Å². The van der Waals surface area contributed by atoms with E-state index in [1.54, 1.807) is 49.5 Å². The predicted molar refractivity (Wildman–Crippen MR) is 96.5 cm³/mol. The number of ether oxygens (including phenoxy) is 1. The van der Waals surface area contributed by atoms with Gasteiger partial charge in [-0.1, -0.05) is 18.2 Å². The lowest BCUT2D eigenvalue weighted by Gasteiger charge is -2.22. The monoisotopic (exact) mass is 355 g/mol. The Labute approximate surface area is 152 Å². The second-order valence-corrected chi connectivity index (χ2v) is 5.44. The zero-order valence-electron chi connectivity index (χ0n) is 14.8. The molecule has 2 amide bonds. The summed E-state index contributed by atoms with van der Waals surface area (Å²) in [7, 11) is 0. The zero-order chi connectivity index (χ0) is 18.9. The van der Waals surface area contributed by atoms with Crippen molar-refractivity contribution in [2.24, 2.45) is 0 Å². The number of benzene rings is 1. The fraction of sp³-hybridized carbons (Fsp3) is 0.263. The number of nitrogens with one attached hydrogen (secondary N) is 1. The predicted octanol–water partition coefficient (Wildman–Crippen LogP) is 1.93. The minimum atomic E-state index is -0.539. The number of rotatable bonds is 7. The number of nitrogens with zero attached hydrogens (tertiary/aromatic N) is 2. The number of para-hydroxylation sites is 1. The number of hydrogen-bond acceptors (Lipinski definition) is 5. The SMILES string of the molecule is CCOC(=O)c1ccccc1N(CC(=O)NCc1ccccn1)C(C)=O. The molecular weight excluding hydrogens is 334 g/mol. The third-order valence-electron chi connectivity index (χ3n) is 3.56. The molecule has 1 heterocycles. The van der Waals surface area contributed by atoms with E-state index in [1.165, 1.54) is 11.8 Å². The summed E-state index contributed by atoms with van der Waals surface area (Å²) in [5, 5.41) is 2.72. The van der Waals surface area contributed by atoms with E-state index in [0.717, 1.165) is 0 Å². The zero-order valence-corrected chi connectivity index (χ0v) is 14.8. The van der Waals surface area contributed by atoms with Crippen molar-refractivity contribution in [3.63, 3.8) is 0 Å². The van der Waals surface area contributed by atoms with E-state index in [1.807, 2.05) is 6.07 Å². The fourth-order valence-electron chi connectivity index (χ4n) is 2.35. The van der Waals surface area contributed by atoms with E-state index in [0.29, 0.717) is 11.4 Å². The first-order valence-electron chi connectivity index (χ1n) is 8.23. The van der Waals surface area contributed by atoms with E-state index in [4.69, 9.17) is 4.74 Å². The maximum Gasteiger partial charge on any atom is 0.340 e. The van der Waals surface area contributed by atoms with Crippen molar-refractivity contribution < 1.29 is 19.1 Å². The third-order valence-corrected chi connectivity index (χ3v) is 3.56. The lowest BCUT2D eigenvalue weighted by atomic mass is 10.1. The van der Waals surface area contributed by atoms with Gasteiger partial charge in [-0.05, 0) is 31.2 Å². The van der Waals surface area contributed by atoms with Gasteiger partial charge in [-0.15, -0.1) is 0 Å². The summed E-state index contributed by atoms with van der Waals surface area (Å²) in [6, 6.07) is 11.9. The Bertz CT molecular complexity index is 777. The van der Waals surface area contributed by atoms with Crippen LogP contribution < -0.4 is 10.2 Å². The molecule has 1 aromatic carbocycles. The Morgan fingerprint density at radius 2 is 1.85 bits per heavy atom. The van der Waals surface area contributed by atoms with Crippen LogP contribution in [0.2, 0.25) is 0 Å². The van der Waals surface area contributed by atoms with Crippen molar-refractivity contribution in [3.05, 3.63) is 59.9 Å². The third kappa shape index (κ3) is 5.14. The highest BCUT2D eigenvalue weighted by atomic mass is 16.5. The van der Waals surface area contributed by atoms with E-state index < -0.39 is 5.97 Å². The molecule has 7 nitrogen and oxygen atoms in total. The van der Waals surface area contributed by atoms with Gasteiger partial charge in [-0.2, -0.15) is 0 Å². The second kappa shape index (κ2) is 9.31. The van der Waals surface area contributed by atoms with Crippen molar-refractivity contribution in [1.82, 2.24) is 10.3 Å². The molecule has 0 atom stereocenters. The van der Waals surface area contributed by atoms with E-state index >= 15 is 0 Å². The number of anilines is 1. The molecule has 0 spiro atoms. The number of esters is 1. The molecule has 0 bridgehead atoms. The van der Waals surface area contributed by atoms with Gasteiger partial charge < -0.3 is 15.0 Å². The van der Waals surface area contributed by atoms with Gasteiger partial charge in [-0.3, -0.25) is 14.6 Å². The van der Waals surface area contributed by atoms with Crippen molar-refractivity contribution in [2.45, 2.75) is 20.4 Å². The molecule has 1 N–H and O–H groups in total. The summed E-state index contributed by atoms with van der Waals surface area (Å²) in [5.41, 5.74) is 1.29. The molecule has 0 unspecified atom stereocenters. The minimum absolute atomic E-state index is 0.210. The van der Waals surface area contributed by atoms with Crippen LogP contribution in [0.4, 0.5) is 5.69 Å². The number of amides is 2. The van der Waals surface area contributed by atoms with E-state index in [2.05, 4.69) is 10.3 Å². The molecule has 1 aromatic heterocycles. The highest BCUT2D eigenvalue weighted by molar-refractivity contribution is 6.04. The van der Waals surface area contributed by atoms with Gasteiger partial charge in [0, 0.05) is 13.1 Å². The van der Waals surface area contributed by atoms with Gasteiger partial charge in [0.2, 0.25) is 11.8 Å². The van der Waals surface area contributed by atoms with Crippen molar-refractivity contribution in [2.75, 3.05) is 18.1 Å². The summed E-state index contributed by atoms with van der Waals surface area (Å²) in [4.78, 5) is 41.8. The average molecular weight is 355 g/mol. The number of aromatic nitrogens is 1. The summed E-state index contributed by atoms with van der Waals surface area (Å²) < 4.78 is 5.02. The number of pyridine rings is 1. The van der Waals surface area contributed by atoms with Crippen LogP contribution in [0, 0.1) is 0 Å². The standard InChI is InChI=1S/C19H21N3O4/c1-3-26-19(25)16-9-4-5-10-17(16)22(14(2)23)13-18(24)21-12-15-8-6-7-11-20-15/h4-11H,3,12-13H2,1-2H3,(H,21,24). The van der Waals surface area contributed by atoms with Crippen LogP contribution >= 0.6 is 0 Å². The summed E-state index contributed by atoms with van der Waals surface area (Å²) in [6.07, 6.45) is 1.64. The average Bonchev–Trinajstić information content (AvgIpc) is 2.65. The van der Waals surface area contributed by atoms with E-state index in [-0.39, 0.29) is 37.1 Å². The topological polar surface area (TPSA) is 88.6 Å². The van der Waals surface area contributed by atoms with E-state index in [9.17, 15) is 14.4 Å². The largest absolute Gasteiger partial charge is 0.462 e. The van der Waals surface area contributed by atoms with Crippen LogP contribution in [0.3, 0.4) is 0 Å². The van der Waals surface area contributed by atoms with Gasteiger partial charge in [0.05, 0.1) is 30.1 Å². The highest BCUT2D eigenvalue weighted by Crippen LogP contribution is 2.21. The first kappa shape index (κ1) is 19.1. The van der Waals surface area contributed by atoms with Crippen LogP contribution in [0.5, 0.6) is 0 Å². The summed E-state index contributed by atoms with van der Waals surface area (Å²) in [5.74, 6) is -1.25. The fourth-order valence-corrected chi connectivity index (χ4v) is 2.35. The van der Waals surface area contributed by atoms with Gasteiger partial charge in [0.25, 0.3) is 0 Å². The van der Waals surface area contributed by atoms with Gasteiger partial charge in [-0.25, -0.2) is 4.79 Å². The molecule has 0 saturated heterocycles. The number of carbonyl (C=O) groups excluding carboxylic acids is 3. The molecule has 2 aromatic rings. The molecule has 0 fully saturated rings. The minimum Gasteiger partial charge on any atom is -0.462 e. The van der Waals surface area contributed by atoms with Crippen LogP contribution in [-0.4, -0.2) is 35.9 Å². The Morgan fingerprint density at radius 1 is 1.12 bits per heavy atom. The smallest absolute Gasteiger partial charge is 0.340 e. The lowest BCUT2D eigenvalue weighted by Crippen LogP contribution is -2.40. The first-order valence-corrected chi connectivity index (χ1v) is 8.23. The number of carbonyl (C=O) groups is 3. The Kier molecular flexibility index (Phi) is 6.84. The number of hydrogen-bond donors (Lipinski definition) is 1. The van der Waals surface area contributed by atoms with Gasteiger partial charge in [0.1, 0.15) is 6.54 Å². The Morgan fingerprint density at radius 3 is 2.50 bits per heavy atom. The van der Waals surface area contributed by atoms with Crippen molar-refractivity contribution in [1.29, 1.82) is 0 Å². The first-order chi connectivity index (χ1) is 12.5. The quantitative estimate of drug-likeness (QED) is 0.767. The Hall–Kier alpha value is -3.22. The van der Waals surface area contributed by atoms with Crippen LogP contribution in [0.15, 0.2) is 48.7 Å². The summed E-state index contributed by atoms with van der Waals surface area (Å²) in [6.45, 7) is 3.31. The molecule has 0 aliphatic heterocycles. The van der Waals surface area contributed by atoms with Crippen molar-refractivity contribution in [3.8, 4) is 0 Å². The molecule has 0 aliphatic carbocycles. The molecule has 7 heteroatoms. The van der Waals surface area contributed by atoms with Crippen molar-refractivity contribution >= 4 is 23.5 Å². The molecule has 0 aliphatic rings. The highest BCUT2D eigenvalue weighted by Gasteiger charge is 2.22. The molecule has 0 saturated carbocycles. The van der Waals surface area contributed by atoms with Crippen LogP contribution in [0.1, 0.15) is 29.9 Å². The second-order valence-electron chi connectivity index (χ2n) is 5.44.